The summed E-state index contributed by atoms with van der Waals surface area (Å²) < 4.78 is 33.6. The van der Waals surface area contributed by atoms with Crippen LogP contribution in [0.4, 0.5) is 5.69 Å². The molecule has 1 N–H and O–H groups in total. The number of ether oxygens (including phenoxy) is 1. The van der Waals surface area contributed by atoms with Crippen molar-refractivity contribution in [1.29, 1.82) is 0 Å². The highest BCUT2D eigenvalue weighted by atomic mass is 32.2. The highest BCUT2D eigenvalue weighted by Gasteiger charge is 2.35. The number of carbonyl (C=O) groups is 1. The number of hydrogen-bond acceptors (Lipinski definition) is 4. The van der Waals surface area contributed by atoms with Crippen molar-refractivity contribution < 1.29 is 17.9 Å². The maximum atomic E-state index is 12.3. The van der Waals surface area contributed by atoms with Gasteiger partial charge in [-0.15, -0.1) is 0 Å². The minimum Gasteiger partial charge on any atom is -0.487 e. The van der Waals surface area contributed by atoms with E-state index in [1.54, 1.807) is 18.2 Å². The van der Waals surface area contributed by atoms with Gasteiger partial charge in [0.15, 0.2) is 0 Å². The van der Waals surface area contributed by atoms with E-state index in [1.165, 1.54) is 0 Å². The summed E-state index contributed by atoms with van der Waals surface area (Å²) >= 11 is 0. The standard InChI is InChI=1S/C22H24N2O4S/c1-17(2)8-6-7-9-18-12-13-21(28-16-19-10-4-3-5-11-19)20(14-18)24-15-22(25)23-29(24,26)27/h3-5,10-14,17H,6,8,15-16H2,1-2H3,(H,23,25). The number of anilines is 1. The largest absolute Gasteiger partial charge is 0.487 e. The summed E-state index contributed by atoms with van der Waals surface area (Å²) in [6, 6.07) is 14.7. The zero-order valence-electron chi connectivity index (χ0n) is 16.5. The van der Waals surface area contributed by atoms with Crippen LogP contribution in [0.5, 0.6) is 5.75 Å². The highest BCUT2D eigenvalue weighted by molar-refractivity contribution is 7.92. The van der Waals surface area contributed by atoms with E-state index >= 15 is 0 Å². The minimum atomic E-state index is -3.94. The SMILES string of the molecule is CC(C)CCC#Cc1ccc(OCc2ccccc2)c(N2CC(=O)NS2(=O)=O)c1. The molecular weight excluding hydrogens is 388 g/mol. The molecule has 6 nitrogen and oxygen atoms in total. The Labute approximate surface area is 172 Å². The van der Waals surface area contributed by atoms with Crippen molar-refractivity contribution in [1.82, 2.24) is 4.72 Å². The van der Waals surface area contributed by atoms with Gasteiger partial charge in [0.1, 0.15) is 18.9 Å². The number of hydrogen-bond donors (Lipinski definition) is 1. The molecule has 0 aromatic heterocycles. The van der Waals surface area contributed by atoms with Crippen molar-refractivity contribution >= 4 is 21.8 Å². The van der Waals surface area contributed by atoms with Gasteiger partial charge < -0.3 is 4.74 Å². The van der Waals surface area contributed by atoms with Gasteiger partial charge in [0, 0.05) is 12.0 Å². The second-order valence-electron chi connectivity index (χ2n) is 7.23. The van der Waals surface area contributed by atoms with Gasteiger partial charge in [-0.05, 0) is 36.1 Å². The van der Waals surface area contributed by atoms with Crippen molar-refractivity contribution in [2.45, 2.75) is 33.3 Å². The zero-order chi connectivity index (χ0) is 20.9. The summed E-state index contributed by atoms with van der Waals surface area (Å²) in [6.45, 7) is 4.28. The quantitative estimate of drug-likeness (QED) is 0.739. The first-order chi connectivity index (χ1) is 13.8. The third-order valence-electron chi connectivity index (χ3n) is 4.36. The van der Waals surface area contributed by atoms with Crippen LogP contribution < -0.4 is 13.8 Å². The van der Waals surface area contributed by atoms with Crippen molar-refractivity contribution in [3.63, 3.8) is 0 Å². The van der Waals surface area contributed by atoms with Crippen LogP contribution in [0.2, 0.25) is 0 Å². The van der Waals surface area contributed by atoms with Crippen LogP contribution in [-0.2, 0) is 21.6 Å². The van der Waals surface area contributed by atoms with E-state index < -0.39 is 16.1 Å². The van der Waals surface area contributed by atoms with E-state index in [1.807, 2.05) is 35.1 Å². The molecule has 29 heavy (non-hydrogen) atoms. The molecule has 1 aliphatic rings. The number of nitrogens with zero attached hydrogens (tertiary/aromatic N) is 1. The number of amides is 1. The lowest BCUT2D eigenvalue weighted by Gasteiger charge is -2.19. The summed E-state index contributed by atoms with van der Waals surface area (Å²) in [7, 11) is -3.94. The average Bonchev–Trinajstić information content (AvgIpc) is 2.96. The highest BCUT2D eigenvalue weighted by Crippen LogP contribution is 2.33. The van der Waals surface area contributed by atoms with Gasteiger partial charge in [0.25, 0.3) is 5.91 Å². The molecule has 3 rings (SSSR count). The van der Waals surface area contributed by atoms with E-state index in [9.17, 15) is 13.2 Å². The molecule has 1 saturated heterocycles. The Morgan fingerprint density at radius 1 is 1.17 bits per heavy atom. The minimum absolute atomic E-state index is 0.280. The molecule has 1 heterocycles. The predicted octanol–water partition coefficient (Wildman–Crippen LogP) is 3.23. The van der Waals surface area contributed by atoms with Crippen LogP contribution in [-0.4, -0.2) is 20.9 Å². The molecule has 0 bridgehead atoms. The van der Waals surface area contributed by atoms with Crippen LogP contribution in [0, 0.1) is 17.8 Å². The van der Waals surface area contributed by atoms with Gasteiger partial charge in [0.05, 0.1) is 5.69 Å². The molecule has 0 radical (unpaired) electrons. The Balaban J connectivity index is 1.89. The topological polar surface area (TPSA) is 75.7 Å². The third-order valence-corrected chi connectivity index (χ3v) is 5.76. The Morgan fingerprint density at radius 3 is 2.59 bits per heavy atom. The molecule has 0 aliphatic carbocycles. The molecule has 152 valence electrons. The van der Waals surface area contributed by atoms with Crippen LogP contribution in [0.15, 0.2) is 48.5 Å². The van der Waals surface area contributed by atoms with Crippen LogP contribution >= 0.6 is 0 Å². The van der Waals surface area contributed by atoms with Gasteiger partial charge in [-0.2, -0.15) is 8.42 Å². The molecule has 1 aliphatic heterocycles. The average molecular weight is 413 g/mol. The van der Waals surface area contributed by atoms with Gasteiger partial charge in [-0.25, -0.2) is 9.03 Å². The van der Waals surface area contributed by atoms with E-state index in [0.29, 0.717) is 22.9 Å². The molecule has 0 unspecified atom stereocenters. The molecule has 2 aromatic carbocycles. The summed E-state index contributed by atoms with van der Waals surface area (Å²) in [6.07, 6.45) is 1.76. The van der Waals surface area contributed by atoms with Crippen LogP contribution in [0.1, 0.15) is 37.8 Å². The summed E-state index contributed by atoms with van der Waals surface area (Å²) in [5.41, 5.74) is 1.93. The van der Waals surface area contributed by atoms with Gasteiger partial charge >= 0.3 is 10.2 Å². The molecule has 0 atom stereocenters. The van der Waals surface area contributed by atoms with Crippen LogP contribution in [0.25, 0.3) is 0 Å². The fraction of sp³-hybridized carbons (Fsp3) is 0.318. The summed E-state index contributed by atoms with van der Waals surface area (Å²) in [5, 5.41) is 0. The zero-order valence-corrected chi connectivity index (χ0v) is 17.3. The Hall–Kier alpha value is -2.98. The Kier molecular flexibility index (Phi) is 6.45. The summed E-state index contributed by atoms with van der Waals surface area (Å²) in [5.74, 6) is 6.56. The van der Waals surface area contributed by atoms with E-state index in [4.69, 9.17) is 4.74 Å². The molecular formula is C22H24N2O4S. The first kappa shape index (κ1) is 20.7. The number of nitrogens with one attached hydrogen (secondary N) is 1. The predicted molar refractivity (Wildman–Crippen MR) is 113 cm³/mol. The van der Waals surface area contributed by atoms with Crippen molar-refractivity contribution in [2.24, 2.45) is 5.92 Å². The van der Waals surface area contributed by atoms with Gasteiger partial charge in [-0.1, -0.05) is 56.0 Å². The normalized spacial score (nSPS) is 15.0. The van der Waals surface area contributed by atoms with Gasteiger partial charge in [-0.3, -0.25) is 4.79 Å². The fourth-order valence-corrected chi connectivity index (χ4v) is 3.99. The smallest absolute Gasteiger partial charge is 0.326 e. The summed E-state index contributed by atoms with van der Waals surface area (Å²) in [4.78, 5) is 11.7. The maximum absolute atomic E-state index is 12.3. The second-order valence-corrected chi connectivity index (χ2v) is 8.82. The molecule has 1 amide bonds. The second kappa shape index (κ2) is 9.01. The van der Waals surface area contributed by atoms with E-state index in [-0.39, 0.29) is 13.2 Å². The number of carbonyl (C=O) groups excluding carboxylic acids is 1. The lowest BCUT2D eigenvalue weighted by Crippen LogP contribution is -2.29. The van der Waals surface area contributed by atoms with E-state index in [2.05, 4.69) is 25.7 Å². The first-order valence-corrected chi connectivity index (χ1v) is 10.9. The lowest BCUT2D eigenvalue weighted by molar-refractivity contribution is -0.117. The van der Waals surface area contributed by atoms with Crippen molar-refractivity contribution in [3.8, 4) is 17.6 Å². The van der Waals surface area contributed by atoms with Gasteiger partial charge in [0.2, 0.25) is 0 Å². The number of benzene rings is 2. The number of rotatable bonds is 6. The fourth-order valence-electron chi connectivity index (χ4n) is 2.83. The first-order valence-electron chi connectivity index (χ1n) is 9.48. The molecule has 0 spiro atoms. The Bertz CT molecular complexity index is 1040. The van der Waals surface area contributed by atoms with Crippen molar-refractivity contribution in [2.75, 3.05) is 10.8 Å². The molecule has 0 saturated carbocycles. The maximum Gasteiger partial charge on any atom is 0.326 e. The third kappa shape index (κ3) is 5.52. The molecule has 2 aromatic rings. The molecule has 7 heteroatoms. The van der Waals surface area contributed by atoms with Crippen LogP contribution in [0.3, 0.4) is 0 Å². The molecule has 1 fully saturated rings. The van der Waals surface area contributed by atoms with E-state index in [0.717, 1.165) is 22.7 Å². The Morgan fingerprint density at radius 2 is 1.93 bits per heavy atom. The monoisotopic (exact) mass is 412 g/mol. The lowest BCUT2D eigenvalue weighted by atomic mass is 10.1. The van der Waals surface area contributed by atoms with Crippen molar-refractivity contribution in [3.05, 3.63) is 59.7 Å².